The summed E-state index contributed by atoms with van der Waals surface area (Å²) in [5.41, 5.74) is 7.92. The third-order valence-corrected chi connectivity index (χ3v) is 5.51. The second-order valence-corrected chi connectivity index (χ2v) is 6.52. The summed E-state index contributed by atoms with van der Waals surface area (Å²) in [6, 6.07) is 11.2. The molecule has 0 spiro atoms. The SMILES string of the molecule is NCC1CCCCC1(c1ccccc1)N1CCCCC1. The van der Waals surface area contributed by atoms with E-state index >= 15 is 0 Å². The summed E-state index contributed by atoms with van der Waals surface area (Å²) in [6.07, 6.45) is 9.39. The number of piperidine rings is 1. The van der Waals surface area contributed by atoms with Crippen molar-refractivity contribution >= 4 is 0 Å². The van der Waals surface area contributed by atoms with Gasteiger partial charge < -0.3 is 5.73 Å². The van der Waals surface area contributed by atoms with Crippen LogP contribution in [0.4, 0.5) is 0 Å². The standard InChI is InChI=1S/C18H28N2/c19-15-17-11-5-6-12-18(17,16-9-3-1-4-10-16)20-13-7-2-8-14-20/h1,3-4,9-10,17H,2,5-8,11-15,19H2. The molecule has 0 radical (unpaired) electrons. The molecule has 2 heteroatoms. The van der Waals surface area contributed by atoms with Crippen molar-refractivity contribution < 1.29 is 0 Å². The Kier molecular flexibility index (Phi) is 4.42. The summed E-state index contributed by atoms with van der Waals surface area (Å²) in [5.74, 6) is 0.622. The van der Waals surface area contributed by atoms with Gasteiger partial charge in [-0.15, -0.1) is 0 Å². The van der Waals surface area contributed by atoms with E-state index in [1.807, 2.05) is 0 Å². The first-order valence-electron chi connectivity index (χ1n) is 8.38. The molecule has 2 atom stereocenters. The number of hydrogen-bond donors (Lipinski definition) is 1. The van der Waals surface area contributed by atoms with Crippen LogP contribution >= 0.6 is 0 Å². The fourth-order valence-corrected chi connectivity index (χ4v) is 4.54. The minimum Gasteiger partial charge on any atom is -0.330 e. The predicted molar refractivity (Wildman–Crippen MR) is 84.6 cm³/mol. The fraction of sp³-hybridized carbons (Fsp3) is 0.667. The van der Waals surface area contributed by atoms with E-state index in [-0.39, 0.29) is 5.54 Å². The second-order valence-electron chi connectivity index (χ2n) is 6.52. The predicted octanol–water partition coefficient (Wildman–Crippen LogP) is 3.52. The molecule has 1 aromatic rings. The highest BCUT2D eigenvalue weighted by atomic mass is 15.2. The van der Waals surface area contributed by atoms with Crippen molar-refractivity contribution in [2.45, 2.75) is 50.5 Å². The molecule has 20 heavy (non-hydrogen) atoms. The van der Waals surface area contributed by atoms with E-state index < -0.39 is 0 Å². The van der Waals surface area contributed by atoms with Crippen LogP contribution < -0.4 is 5.73 Å². The summed E-state index contributed by atoms with van der Waals surface area (Å²) in [5, 5.41) is 0. The normalized spacial score (nSPS) is 32.1. The Labute approximate surface area is 123 Å². The summed E-state index contributed by atoms with van der Waals surface area (Å²) in [6.45, 7) is 3.34. The van der Waals surface area contributed by atoms with Crippen molar-refractivity contribution in [2.24, 2.45) is 11.7 Å². The van der Waals surface area contributed by atoms with Crippen molar-refractivity contribution in [1.82, 2.24) is 4.90 Å². The van der Waals surface area contributed by atoms with E-state index in [2.05, 4.69) is 35.2 Å². The van der Waals surface area contributed by atoms with Crippen LogP contribution in [0.5, 0.6) is 0 Å². The van der Waals surface area contributed by atoms with Gasteiger partial charge >= 0.3 is 0 Å². The van der Waals surface area contributed by atoms with Crippen LogP contribution in [0.2, 0.25) is 0 Å². The summed E-state index contributed by atoms with van der Waals surface area (Å²) in [7, 11) is 0. The Morgan fingerprint density at radius 2 is 1.75 bits per heavy atom. The molecule has 1 aliphatic heterocycles. The van der Waals surface area contributed by atoms with Crippen molar-refractivity contribution in [1.29, 1.82) is 0 Å². The molecule has 1 aromatic carbocycles. The Balaban J connectivity index is 2.01. The maximum Gasteiger partial charge on any atom is 0.0500 e. The van der Waals surface area contributed by atoms with Gasteiger partial charge in [0.25, 0.3) is 0 Å². The quantitative estimate of drug-likeness (QED) is 0.912. The van der Waals surface area contributed by atoms with Gasteiger partial charge in [0.2, 0.25) is 0 Å². The van der Waals surface area contributed by atoms with Crippen LogP contribution in [0.3, 0.4) is 0 Å². The second kappa shape index (κ2) is 6.28. The van der Waals surface area contributed by atoms with Gasteiger partial charge in [0.05, 0.1) is 5.54 Å². The lowest BCUT2D eigenvalue weighted by Gasteiger charge is -2.53. The monoisotopic (exact) mass is 272 g/mol. The zero-order chi connectivity index (χ0) is 13.8. The van der Waals surface area contributed by atoms with Gasteiger partial charge in [0.1, 0.15) is 0 Å². The maximum atomic E-state index is 6.20. The van der Waals surface area contributed by atoms with Crippen LogP contribution in [0.25, 0.3) is 0 Å². The lowest BCUT2D eigenvalue weighted by atomic mass is 9.67. The molecule has 0 amide bonds. The van der Waals surface area contributed by atoms with Gasteiger partial charge in [-0.1, -0.05) is 49.6 Å². The fourth-order valence-electron chi connectivity index (χ4n) is 4.54. The number of rotatable bonds is 3. The van der Waals surface area contributed by atoms with Gasteiger partial charge in [0, 0.05) is 0 Å². The van der Waals surface area contributed by atoms with Gasteiger partial charge in [-0.05, 0) is 56.8 Å². The Morgan fingerprint density at radius 1 is 1.00 bits per heavy atom. The minimum atomic E-state index is 0.217. The minimum absolute atomic E-state index is 0.217. The summed E-state index contributed by atoms with van der Waals surface area (Å²) < 4.78 is 0. The van der Waals surface area contributed by atoms with Crippen molar-refractivity contribution in [3.05, 3.63) is 35.9 Å². The molecule has 2 N–H and O–H groups in total. The molecule has 0 bridgehead atoms. The topological polar surface area (TPSA) is 29.3 Å². The Morgan fingerprint density at radius 3 is 2.45 bits per heavy atom. The molecule has 1 aliphatic carbocycles. The maximum absolute atomic E-state index is 6.20. The van der Waals surface area contributed by atoms with Gasteiger partial charge in [-0.2, -0.15) is 0 Å². The zero-order valence-corrected chi connectivity index (χ0v) is 12.6. The number of nitrogens with two attached hydrogens (primary N) is 1. The van der Waals surface area contributed by atoms with E-state index in [0.29, 0.717) is 5.92 Å². The van der Waals surface area contributed by atoms with E-state index in [1.165, 1.54) is 63.6 Å². The molecular formula is C18H28N2. The summed E-state index contributed by atoms with van der Waals surface area (Å²) in [4.78, 5) is 2.78. The number of likely N-dealkylation sites (tertiary alicyclic amines) is 1. The zero-order valence-electron chi connectivity index (χ0n) is 12.6. The Bertz CT molecular complexity index is 411. The largest absolute Gasteiger partial charge is 0.330 e. The first-order chi connectivity index (χ1) is 9.88. The number of nitrogens with zero attached hydrogens (tertiary/aromatic N) is 1. The van der Waals surface area contributed by atoms with E-state index in [9.17, 15) is 0 Å². The molecule has 2 nitrogen and oxygen atoms in total. The van der Waals surface area contributed by atoms with E-state index in [0.717, 1.165) is 6.54 Å². The number of hydrogen-bond acceptors (Lipinski definition) is 2. The highest BCUT2D eigenvalue weighted by Gasteiger charge is 2.45. The van der Waals surface area contributed by atoms with Crippen LogP contribution in [-0.2, 0) is 5.54 Å². The van der Waals surface area contributed by atoms with Gasteiger partial charge in [-0.25, -0.2) is 0 Å². The van der Waals surface area contributed by atoms with Gasteiger partial charge in [0.15, 0.2) is 0 Å². The first kappa shape index (κ1) is 14.1. The molecule has 2 fully saturated rings. The molecule has 1 saturated carbocycles. The average Bonchev–Trinajstić information content (AvgIpc) is 2.56. The molecule has 2 aliphatic rings. The van der Waals surface area contributed by atoms with Crippen LogP contribution in [-0.4, -0.2) is 24.5 Å². The smallest absolute Gasteiger partial charge is 0.0500 e. The van der Waals surface area contributed by atoms with Crippen molar-refractivity contribution in [2.75, 3.05) is 19.6 Å². The van der Waals surface area contributed by atoms with Crippen LogP contribution in [0.15, 0.2) is 30.3 Å². The number of benzene rings is 1. The van der Waals surface area contributed by atoms with E-state index in [4.69, 9.17) is 5.73 Å². The highest BCUT2D eigenvalue weighted by molar-refractivity contribution is 5.27. The third kappa shape index (κ3) is 2.40. The third-order valence-electron chi connectivity index (χ3n) is 5.51. The van der Waals surface area contributed by atoms with Crippen molar-refractivity contribution in [3.8, 4) is 0 Å². The van der Waals surface area contributed by atoms with E-state index in [1.54, 1.807) is 0 Å². The highest BCUT2D eigenvalue weighted by Crippen LogP contribution is 2.46. The molecule has 1 heterocycles. The molecule has 0 aromatic heterocycles. The average molecular weight is 272 g/mol. The van der Waals surface area contributed by atoms with Crippen LogP contribution in [0.1, 0.15) is 50.5 Å². The Hall–Kier alpha value is -0.860. The van der Waals surface area contributed by atoms with Crippen molar-refractivity contribution in [3.63, 3.8) is 0 Å². The molecule has 1 saturated heterocycles. The molecule has 3 rings (SSSR count). The lowest BCUT2D eigenvalue weighted by Crippen LogP contribution is -2.56. The summed E-state index contributed by atoms with van der Waals surface area (Å²) >= 11 is 0. The molecule has 2 unspecified atom stereocenters. The lowest BCUT2D eigenvalue weighted by molar-refractivity contribution is -0.0146. The van der Waals surface area contributed by atoms with Crippen LogP contribution in [0, 0.1) is 5.92 Å². The van der Waals surface area contributed by atoms with Gasteiger partial charge in [-0.3, -0.25) is 4.90 Å². The molecule has 110 valence electrons. The first-order valence-corrected chi connectivity index (χ1v) is 8.38. The molecular weight excluding hydrogens is 244 g/mol.